The molecule has 4 nitrogen and oxygen atoms in total. The molecule has 6 heteroatoms. The molecule has 0 atom stereocenters. The second kappa shape index (κ2) is 8.06. The van der Waals surface area contributed by atoms with Gasteiger partial charge < -0.3 is 10.1 Å². The van der Waals surface area contributed by atoms with Crippen LogP contribution in [0.15, 0.2) is 23.6 Å². The van der Waals surface area contributed by atoms with E-state index in [1.54, 1.807) is 17.5 Å². The lowest BCUT2D eigenvalue weighted by molar-refractivity contribution is 0.0948. The monoisotopic (exact) mass is 336 g/mol. The van der Waals surface area contributed by atoms with Crippen molar-refractivity contribution in [2.75, 3.05) is 13.2 Å². The highest BCUT2D eigenvalue weighted by molar-refractivity contribution is 7.13. The van der Waals surface area contributed by atoms with Crippen LogP contribution in [0.4, 0.5) is 4.39 Å². The molecule has 0 aliphatic heterocycles. The number of thiazole rings is 1. The van der Waals surface area contributed by atoms with Crippen molar-refractivity contribution in [3.05, 3.63) is 35.1 Å². The number of amides is 1. The fourth-order valence-electron chi connectivity index (χ4n) is 1.99. The van der Waals surface area contributed by atoms with Gasteiger partial charge >= 0.3 is 0 Å². The summed E-state index contributed by atoms with van der Waals surface area (Å²) in [4.78, 5) is 16.3. The van der Waals surface area contributed by atoms with Gasteiger partial charge in [-0.15, -0.1) is 11.3 Å². The van der Waals surface area contributed by atoms with Crippen LogP contribution in [-0.2, 0) is 0 Å². The number of rotatable bonds is 7. The number of ether oxygens (including phenoxy) is 1. The van der Waals surface area contributed by atoms with Crippen molar-refractivity contribution < 1.29 is 13.9 Å². The molecule has 0 fully saturated rings. The van der Waals surface area contributed by atoms with Crippen molar-refractivity contribution in [3.8, 4) is 16.3 Å². The second-order valence-corrected chi connectivity index (χ2v) is 6.41. The number of carbonyl (C=O) groups excluding carboxylic acids is 1. The van der Waals surface area contributed by atoms with Gasteiger partial charge in [0.1, 0.15) is 22.3 Å². The van der Waals surface area contributed by atoms with Crippen molar-refractivity contribution in [1.29, 1.82) is 0 Å². The molecule has 0 saturated carbocycles. The molecule has 0 bridgehead atoms. The highest BCUT2D eigenvalue weighted by Crippen LogP contribution is 2.29. The van der Waals surface area contributed by atoms with Crippen LogP contribution in [0.5, 0.6) is 5.75 Å². The average molecular weight is 336 g/mol. The van der Waals surface area contributed by atoms with E-state index in [0.717, 1.165) is 6.42 Å². The highest BCUT2D eigenvalue weighted by Gasteiger charge is 2.14. The number of benzene rings is 1. The Morgan fingerprint density at radius 1 is 1.43 bits per heavy atom. The zero-order chi connectivity index (χ0) is 16.8. The van der Waals surface area contributed by atoms with E-state index in [9.17, 15) is 9.18 Å². The van der Waals surface area contributed by atoms with Crippen LogP contribution in [0.2, 0.25) is 0 Å². The lowest BCUT2D eigenvalue weighted by Gasteiger charge is -2.06. The van der Waals surface area contributed by atoms with Crippen LogP contribution >= 0.6 is 11.3 Å². The van der Waals surface area contributed by atoms with Crippen molar-refractivity contribution in [2.45, 2.75) is 27.2 Å². The van der Waals surface area contributed by atoms with Gasteiger partial charge in [0.15, 0.2) is 0 Å². The van der Waals surface area contributed by atoms with Crippen molar-refractivity contribution >= 4 is 17.2 Å². The molecule has 1 aromatic heterocycles. The fraction of sp³-hybridized carbons (Fsp3) is 0.412. The number of nitrogens with one attached hydrogen (secondary N) is 1. The number of hydrogen-bond donors (Lipinski definition) is 1. The summed E-state index contributed by atoms with van der Waals surface area (Å²) in [5.74, 6) is 0.382. The molecular formula is C17H21FN2O2S. The van der Waals surface area contributed by atoms with Crippen LogP contribution in [0.25, 0.3) is 10.6 Å². The van der Waals surface area contributed by atoms with Gasteiger partial charge in [-0.05, 0) is 31.4 Å². The van der Waals surface area contributed by atoms with Crippen molar-refractivity contribution in [2.24, 2.45) is 5.92 Å². The van der Waals surface area contributed by atoms with E-state index < -0.39 is 5.82 Å². The Morgan fingerprint density at radius 3 is 2.87 bits per heavy atom. The van der Waals surface area contributed by atoms with Crippen LogP contribution in [-0.4, -0.2) is 24.0 Å². The third-order valence-electron chi connectivity index (χ3n) is 3.23. The van der Waals surface area contributed by atoms with E-state index in [1.165, 1.54) is 17.4 Å². The fourth-order valence-corrected chi connectivity index (χ4v) is 2.82. The predicted octanol–water partition coefficient (Wildman–Crippen LogP) is 4.12. The normalized spacial score (nSPS) is 10.8. The first kappa shape index (κ1) is 17.4. The Kier molecular flexibility index (Phi) is 6.10. The lowest BCUT2D eigenvalue weighted by atomic mass is 10.1. The van der Waals surface area contributed by atoms with Crippen molar-refractivity contribution in [1.82, 2.24) is 10.3 Å². The number of carbonyl (C=O) groups is 1. The zero-order valence-electron chi connectivity index (χ0n) is 13.6. The van der Waals surface area contributed by atoms with E-state index in [1.807, 2.05) is 6.92 Å². The van der Waals surface area contributed by atoms with Crippen LogP contribution in [0.1, 0.15) is 37.7 Å². The Hall–Kier alpha value is -1.95. The van der Waals surface area contributed by atoms with Gasteiger partial charge in [-0.1, -0.05) is 13.8 Å². The van der Waals surface area contributed by atoms with Gasteiger partial charge in [0.25, 0.3) is 5.91 Å². The summed E-state index contributed by atoms with van der Waals surface area (Å²) in [6.45, 7) is 7.14. The molecule has 2 aromatic rings. The Morgan fingerprint density at radius 2 is 2.22 bits per heavy atom. The summed E-state index contributed by atoms with van der Waals surface area (Å²) in [5, 5.41) is 4.96. The van der Waals surface area contributed by atoms with Gasteiger partial charge in [-0.3, -0.25) is 4.79 Å². The molecule has 1 aromatic carbocycles. The first-order valence-electron chi connectivity index (χ1n) is 7.67. The molecule has 0 spiro atoms. The maximum atomic E-state index is 14.1. The minimum absolute atomic E-state index is 0.223. The molecule has 0 unspecified atom stereocenters. The molecule has 0 aliphatic carbocycles. The largest absolute Gasteiger partial charge is 0.494 e. The number of aromatic nitrogens is 1. The van der Waals surface area contributed by atoms with Gasteiger partial charge in [0.05, 0.1) is 6.61 Å². The Balaban J connectivity index is 2.08. The minimum atomic E-state index is -0.405. The summed E-state index contributed by atoms with van der Waals surface area (Å²) in [6, 6.07) is 4.66. The van der Waals surface area contributed by atoms with E-state index in [-0.39, 0.29) is 5.91 Å². The molecule has 23 heavy (non-hydrogen) atoms. The SMILES string of the molecule is CCOc1ccc(-c2nc(C(=O)NCCC(C)C)cs2)c(F)c1. The van der Waals surface area contributed by atoms with Crippen LogP contribution in [0.3, 0.4) is 0 Å². The maximum absolute atomic E-state index is 14.1. The molecular weight excluding hydrogens is 315 g/mol. The first-order chi connectivity index (χ1) is 11.0. The summed E-state index contributed by atoms with van der Waals surface area (Å²) >= 11 is 1.25. The number of halogens is 1. The van der Waals surface area contributed by atoms with E-state index in [4.69, 9.17) is 4.74 Å². The molecule has 0 aliphatic rings. The molecule has 1 N–H and O–H groups in total. The third kappa shape index (κ3) is 4.76. The van der Waals surface area contributed by atoms with E-state index in [0.29, 0.717) is 41.1 Å². The van der Waals surface area contributed by atoms with E-state index >= 15 is 0 Å². The average Bonchev–Trinajstić information content (AvgIpc) is 2.97. The number of nitrogens with zero attached hydrogens (tertiary/aromatic N) is 1. The van der Waals surface area contributed by atoms with Crippen LogP contribution < -0.4 is 10.1 Å². The summed E-state index contributed by atoms with van der Waals surface area (Å²) in [5.41, 5.74) is 0.696. The molecule has 2 rings (SSSR count). The maximum Gasteiger partial charge on any atom is 0.270 e. The Labute approximate surface area is 139 Å². The quantitative estimate of drug-likeness (QED) is 0.827. The third-order valence-corrected chi connectivity index (χ3v) is 4.10. The summed E-state index contributed by atoms with van der Waals surface area (Å²) < 4.78 is 19.4. The standard InChI is InChI=1S/C17H21FN2O2S/c1-4-22-12-5-6-13(14(18)9-12)17-20-15(10-23-17)16(21)19-8-7-11(2)3/h5-6,9-11H,4,7-8H2,1-3H3,(H,19,21). The zero-order valence-corrected chi connectivity index (χ0v) is 14.4. The minimum Gasteiger partial charge on any atom is -0.494 e. The van der Waals surface area contributed by atoms with Gasteiger partial charge in [-0.25, -0.2) is 9.37 Å². The van der Waals surface area contributed by atoms with Crippen molar-refractivity contribution in [3.63, 3.8) is 0 Å². The van der Waals surface area contributed by atoms with Gasteiger partial charge in [-0.2, -0.15) is 0 Å². The molecule has 1 heterocycles. The highest BCUT2D eigenvalue weighted by atomic mass is 32.1. The number of hydrogen-bond acceptors (Lipinski definition) is 4. The predicted molar refractivity (Wildman–Crippen MR) is 90.5 cm³/mol. The van der Waals surface area contributed by atoms with Gasteiger partial charge in [0, 0.05) is 23.6 Å². The summed E-state index contributed by atoms with van der Waals surface area (Å²) in [6.07, 6.45) is 0.913. The topological polar surface area (TPSA) is 51.2 Å². The first-order valence-corrected chi connectivity index (χ1v) is 8.55. The lowest BCUT2D eigenvalue weighted by Crippen LogP contribution is -2.25. The summed E-state index contributed by atoms with van der Waals surface area (Å²) in [7, 11) is 0. The molecule has 0 saturated heterocycles. The van der Waals surface area contributed by atoms with E-state index in [2.05, 4.69) is 24.1 Å². The molecule has 0 radical (unpaired) electrons. The van der Waals surface area contributed by atoms with Gasteiger partial charge in [0.2, 0.25) is 0 Å². The molecule has 124 valence electrons. The Bertz CT molecular complexity index is 670. The van der Waals surface area contributed by atoms with Crippen LogP contribution in [0, 0.1) is 11.7 Å². The smallest absolute Gasteiger partial charge is 0.270 e. The molecule has 1 amide bonds. The second-order valence-electron chi connectivity index (χ2n) is 5.55.